The van der Waals surface area contributed by atoms with E-state index in [2.05, 4.69) is 10.2 Å². The number of aromatic nitrogens is 3. The van der Waals surface area contributed by atoms with E-state index in [4.69, 9.17) is 0 Å². The van der Waals surface area contributed by atoms with Crippen molar-refractivity contribution in [3.05, 3.63) is 71.6 Å². The summed E-state index contributed by atoms with van der Waals surface area (Å²) < 4.78 is 28.5. The number of nitrogens with zero attached hydrogens (tertiary/aromatic N) is 4. The minimum Gasteiger partial charge on any atom is -0.300 e. The molecule has 1 aromatic heterocycles. The van der Waals surface area contributed by atoms with Gasteiger partial charge in [0.1, 0.15) is 11.6 Å². The Morgan fingerprint density at radius 2 is 1.44 bits per heavy atom. The molecule has 0 aliphatic carbocycles. The van der Waals surface area contributed by atoms with E-state index in [1.54, 1.807) is 24.3 Å². The molecular weight excluding hydrogens is 366 g/mol. The van der Waals surface area contributed by atoms with Crippen molar-refractivity contribution in [2.45, 2.75) is 30.3 Å². The summed E-state index contributed by atoms with van der Waals surface area (Å²) in [5.74, 6) is 0.232. The van der Waals surface area contributed by atoms with Crippen LogP contribution in [0.25, 0.3) is 5.69 Å². The lowest BCUT2D eigenvalue weighted by Crippen LogP contribution is -2.20. The predicted octanol–water partition coefficient (Wildman–Crippen LogP) is 5.02. The van der Waals surface area contributed by atoms with Gasteiger partial charge in [-0.1, -0.05) is 23.9 Å². The Labute approximate surface area is 162 Å². The van der Waals surface area contributed by atoms with E-state index in [0.717, 1.165) is 17.1 Å². The van der Waals surface area contributed by atoms with Gasteiger partial charge in [-0.05, 0) is 69.9 Å². The summed E-state index contributed by atoms with van der Waals surface area (Å²) in [6.45, 7) is 4.08. The van der Waals surface area contributed by atoms with Crippen molar-refractivity contribution in [2.24, 2.45) is 0 Å². The lowest BCUT2D eigenvalue weighted by Gasteiger charge is -2.21. The number of thioether (sulfide) groups is 1. The monoisotopic (exact) mass is 388 g/mol. The van der Waals surface area contributed by atoms with Gasteiger partial charge in [-0.25, -0.2) is 8.78 Å². The maximum atomic E-state index is 13.4. The van der Waals surface area contributed by atoms with Crippen LogP contribution in [0.3, 0.4) is 0 Å². The molecule has 27 heavy (non-hydrogen) atoms. The zero-order valence-electron chi connectivity index (χ0n) is 15.7. The molecular formula is C20H22F2N4S. The molecule has 0 aliphatic rings. The number of halogens is 2. The number of hydrogen-bond donors (Lipinski definition) is 0. The molecule has 0 fully saturated rings. The van der Waals surface area contributed by atoms with Crippen LogP contribution in [-0.2, 0) is 0 Å². The van der Waals surface area contributed by atoms with Crippen LogP contribution in [0, 0.1) is 11.6 Å². The quantitative estimate of drug-likeness (QED) is 0.555. The van der Waals surface area contributed by atoms with Gasteiger partial charge in [-0.15, -0.1) is 10.2 Å². The molecule has 4 nitrogen and oxygen atoms in total. The van der Waals surface area contributed by atoms with E-state index >= 15 is 0 Å². The van der Waals surface area contributed by atoms with Crippen LogP contribution >= 0.6 is 11.8 Å². The minimum atomic E-state index is -0.289. The summed E-state index contributed by atoms with van der Waals surface area (Å²) >= 11 is 1.53. The summed E-state index contributed by atoms with van der Waals surface area (Å²) in [5, 5.41) is 9.54. The fourth-order valence-corrected chi connectivity index (χ4v) is 3.65. The molecule has 0 unspecified atom stereocenters. The van der Waals surface area contributed by atoms with Crippen molar-refractivity contribution in [2.75, 3.05) is 14.1 Å². The molecule has 2 aromatic carbocycles. The number of hydrogen-bond acceptors (Lipinski definition) is 4. The van der Waals surface area contributed by atoms with E-state index in [1.807, 2.05) is 37.4 Å². The van der Waals surface area contributed by atoms with Crippen LogP contribution in [0.15, 0.2) is 53.7 Å². The van der Waals surface area contributed by atoms with Crippen LogP contribution < -0.4 is 0 Å². The molecule has 7 heteroatoms. The first-order valence-corrected chi connectivity index (χ1v) is 9.54. The van der Waals surface area contributed by atoms with Gasteiger partial charge in [0.05, 0.1) is 6.04 Å². The highest BCUT2D eigenvalue weighted by Gasteiger charge is 2.22. The maximum Gasteiger partial charge on any atom is 0.196 e. The van der Waals surface area contributed by atoms with Gasteiger partial charge in [0.2, 0.25) is 0 Å². The van der Waals surface area contributed by atoms with Gasteiger partial charge < -0.3 is 0 Å². The number of rotatable bonds is 6. The van der Waals surface area contributed by atoms with Crippen LogP contribution in [0.5, 0.6) is 0 Å². The molecule has 0 N–H and O–H groups in total. The predicted molar refractivity (Wildman–Crippen MR) is 104 cm³/mol. The Kier molecular flexibility index (Phi) is 5.92. The van der Waals surface area contributed by atoms with Crippen molar-refractivity contribution in [1.29, 1.82) is 0 Å². The second kappa shape index (κ2) is 8.19. The fourth-order valence-electron chi connectivity index (χ4n) is 2.65. The summed E-state index contributed by atoms with van der Waals surface area (Å²) in [6, 6.07) is 12.8. The van der Waals surface area contributed by atoms with Gasteiger partial charge in [0.25, 0.3) is 0 Å². The molecule has 0 radical (unpaired) electrons. The first-order valence-electron chi connectivity index (χ1n) is 8.66. The highest BCUT2D eigenvalue weighted by molar-refractivity contribution is 7.99. The van der Waals surface area contributed by atoms with Gasteiger partial charge in [0, 0.05) is 10.9 Å². The van der Waals surface area contributed by atoms with E-state index in [0.29, 0.717) is 5.16 Å². The minimum absolute atomic E-state index is 0.0260. The largest absolute Gasteiger partial charge is 0.300 e. The third kappa shape index (κ3) is 4.36. The lowest BCUT2D eigenvalue weighted by atomic mass is 10.2. The third-order valence-electron chi connectivity index (χ3n) is 4.51. The van der Waals surface area contributed by atoms with Gasteiger partial charge in [-0.3, -0.25) is 9.47 Å². The Morgan fingerprint density at radius 3 is 2.00 bits per heavy atom. The molecule has 2 atom stereocenters. The van der Waals surface area contributed by atoms with Crippen LogP contribution in [-0.4, -0.2) is 33.8 Å². The Hall–Kier alpha value is -2.25. The fraction of sp³-hybridized carbons (Fsp3) is 0.300. The van der Waals surface area contributed by atoms with Crippen molar-refractivity contribution >= 4 is 11.8 Å². The first-order chi connectivity index (χ1) is 12.9. The second-order valence-corrected chi connectivity index (χ2v) is 7.91. The standard InChI is InChI=1S/C20H22F2N4S/c1-13(25(3)4)19-23-24-20(26(19)18-11-9-17(22)10-12-18)27-14(2)15-5-7-16(21)8-6-15/h5-14H,1-4H3/t13-,14-/m0/s1. The molecule has 0 aliphatic heterocycles. The average molecular weight is 388 g/mol. The molecule has 0 bridgehead atoms. The molecule has 142 valence electrons. The maximum absolute atomic E-state index is 13.4. The number of benzene rings is 2. The summed E-state index contributed by atoms with van der Waals surface area (Å²) in [6.07, 6.45) is 0. The van der Waals surface area contributed by atoms with Gasteiger partial charge >= 0.3 is 0 Å². The molecule has 0 amide bonds. The zero-order chi connectivity index (χ0) is 19.6. The van der Waals surface area contributed by atoms with Crippen LogP contribution in [0.4, 0.5) is 8.78 Å². The molecule has 0 spiro atoms. The summed E-state index contributed by atoms with van der Waals surface area (Å²) in [5.41, 5.74) is 1.80. The molecule has 3 rings (SSSR count). The van der Waals surface area contributed by atoms with Crippen molar-refractivity contribution in [1.82, 2.24) is 19.7 Å². The van der Waals surface area contributed by atoms with Crippen molar-refractivity contribution < 1.29 is 8.78 Å². The van der Waals surface area contributed by atoms with Crippen molar-refractivity contribution in [3.8, 4) is 5.69 Å². The topological polar surface area (TPSA) is 34.0 Å². The van der Waals surface area contributed by atoms with Crippen LogP contribution in [0.2, 0.25) is 0 Å². The third-order valence-corrected chi connectivity index (χ3v) is 5.61. The smallest absolute Gasteiger partial charge is 0.196 e. The zero-order valence-corrected chi connectivity index (χ0v) is 16.5. The van der Waals surface area contributed by atoms with Crippen molar-refractivity contribution in [3.63, 3.8) is 0 Å². The highest BCUT2D eigenvalue weighted by Crippen LogP contribution is 2.36. The van der Waals surface area contributed by atoms with Gasteiger partial charge in [-0.2, -0.15) is 0 Å². The van der Waals surface area contributed by atoms with Gasteiger partial charge in [0.15, 0.2) is 11.0 Å². The molecule has 3 aromatic rings. The highest BCUT2D eigenvalue weighted by atomic mass is 32.2. The average Bonchev–Trinajstić information content (AvgIpc) is 3.05. The summed E-state index contributed by atoms with van der Waals surface area (Å²) in [7, 11) is 3.95. The Balaban J connectivity index is 1.99. The molecule has 0 saturated heterocycles. The molecule has 1 heterocycles. The SMILES string of the molecule is C[C@H](Sc1nnc([C@H](C)N(C)C)n1-c1ccc(F)cc1)c1ccc(F)cc1. The van der Waals surface area contributed by atoms with E-state index in [-0.39, 0.29) is 22.9 Å². The first kappa shape index (κ1) is 19.5. The Morgan fingerprint density at radius 1 is 0.889 bits per heavy atom. The molecule has 0 saturated carbocycles. The van der Waals surface area contributed by atoms with E-state index in [9.17, 15) is 8.78 Å². The van der Waals surface area contributed by atoms with Crippen LogP contribution in [0.1, 0.15) is 36.5 Å². The Bertz CT molecular complexity index is 891. The normalized spacial score (nSPS) is 13.7. The second-order valence-electron chi connectivity index (χ2n) is 6.60. The lowest BCUT2D eigenvalue weighted by molar-refractivity contribution is 0.305. The summed E-state index contributed by atoms with van der Waals surface area (Å²) in [4.78, 5) is 2.04. The van der Waals surface area contributed by atoms with E-state index in [1.165, 1.54) is 36.0 Å². The van der Waals surface area contributed by atoms with E-state index < -0.39 is 0 Å².